The monoisotopic (exact) mass is 491 g/mol. The van der Waals surface area contributed by atoms with Gasteiger partial charge in [-0.25, -0.2) is 12.7 Å². The van der Waals surface area contributed by atoms with Crippen LogP contribution in [0.1, 0.15) is 33.1 Å². The summed E-state index contributed by atoms with van der Waals surface area (Å²) in [6.45, 7) is 4.23. The van der Waals surface area contributed by atoms with Gasteiger partial charge in [0.1, 0.15) is 16.3 Å². The first kappa shape index (κ1) is 23.5. The molecule has 176 valence electrons. The second-order valence-corrected chi connectivity index (χ2v) is 11.8. The normalized spacial score (nSPS) is 19.9. The van der Waals surface area contributed by atoms with E-state index in [9.17, 15) is 23.1 Å². The molecule has 0 amide bonds. The Balaban J connectivity index is 1.72. The smallest absolute Gasteiger partial charge is 0.253 e. The Morgan fingerprint density at radius 2 is 1.82 bits per heavy atom. The van der Waals surface area contributed by atoms with Crippen LogP contribution in [0.25, 0.3) is 0 Å². The van der Waals surface area contributed by atoms with Crippen molar-refractivity contribution in [2.24, 2.45) is 5.41 Å². The summed E-state index contributed by atoms with van der Waals surface area (Å²) in [5.74, 6) is -0.628. The second-order valence-electron chi connectivity index (χ2n) is 9.32. The quantitative estimate of drug-likeness (QED) is 0.418. The molecule has 0 saturated carbocycles. The Bertz CT molecular complexity index is 1380. The molecule has 1 atom stereocenters. The third-order valence-corrected chi connectivity index (χ3v) is 8.83. The number of phenols is 1. The van der Waals surface area contributed by atoms with E-state index in [0.717, 1.165) is 29.1 Å². The van der Waals surface area contributed by atoms with Crippen molar-refractivity contribution in [1.29, 1.82) is 0 Å². The maximum atomic E-state index is 12.6. The lowest BCUT2D eigenvalue weighted by Crippen LogP contribution is -2.45. The van der Waals surface area contributed by atoms with Crippen LogP contribution in [-0.2, 0) is 10.0 Å². The van der Waals surface area contributed by atoms with Crippen molar-refractivity contribution in [3.8, 4) is 5.75 Å². The number of benzene rings is 1. The fourth-order valence-electron chi connectivity index (χ4n) is 4.43. The van der Waals surface area contributed by atoms with Crippen LogP contribution in [0, 0.1) is 5.41 Å². The Morgan fingerprint density at radius 1 is 1.15 bits per heavy atom. The summed E-state index contributed by atoms with van der Waals surface area (Å²) >= 11 is 6.06. The van der Waals surface area contributed by atoms with Crippen LogP contribution < -0.4 is 21.5 Å². The molecule has 2 aromatic carbocycles. The van der Waals surface area contributed by atoms with Crippen LogP contribution in [0.5, 0.6) is 5.75 Å². The minimum atomic E-state index is -4.06. The van der Waals surface area contributed by atoms with Gasteiger partial charge in [-0.3, -0.25) is 9.59 Å². The average Bonchev–Trinajstić information content (AvgIpc) is 3.21. The number of allylic oxidation sites excluding steroid dienone is 2. The van der Waals surface area contributed by atoms with E-state index >= 15 is 0 Å². The summed E-state index contributed by atoms with van der Waals surface area (Å²) in [7, 11) is -1.43. The van der Waals surface area contributed by atoms with Gasteiger partial charge in [0.15, 0.2) is 5.75 Å². The van der Waals surface area contributed by atoms with Gasteiger partial charge in [-0.15, -0.1) is 0 Å². The first-order valence-electron chi connectivity index (χ1n) is 10.6. The lowest BCUT2D eigenvalue weighted by atomic mass is 9.70. The van der Waals surface area contributed by atoms with Gasteiger partial charge in [-0.1, -0.05) is 43.2 Å². The van der Waals surface area contributed by atoms with E-state index in [0.29, 0.717) is 0 Å². The number of rotatable bonds is 6. The van der Waals surface area contributed by atoms with Crippen molar-refractivity contribution in [3.05, 3.63) is 60.9 Å². The molecule has 4 rings (SSSR count). The Labute approximate surface area is 197 Å². The van der Waals surface area contributed by atoms with Crippen molar-refractivity contribution in [1.82, 2.24) is 4.31 Å². The molecular formula is C23H26ClN3O5S. The molecular weight excluding hydrogens is 466 g/mol. The third kappa shape index (κ3) is 3.78. The molecule has 0 radical (unpaired) electrons. The topological polar surface area (TPSA) is 116 Å². The maximum Gasteiger partial charge on any atom is 0.253 e. The zero-order chi connectivity index (χ0) is 24.3. The summed E-state index contributed by atoms with van der Waals surface area (Å²) in [5.41, 5.74) is 0.979. The molecule has 0 aromatic heterocycles. The van der Waals surface area contributed by atoms with Gasteiger partial charge in [-0.2, -0.15) is 0 Å². The van der Waals surface area contributed by atoms with E-state index in [2.05, 4.69) is 36.6 Å². The molecule has 0 aliphatic heterocycles. The third-order valence-electron chi connectivity index (χ3n) is 6.51. The fourth-order valence-corrected chi connectivity index (χ4v) is 5.90. The molecule has 2 aromatic rings. The molecule has 10 heteroatoms. The SMILES string of the molecule is CN(C)S(=O)(=O)c1c(Cl)ccc(Nc2c(N[C@@H]3C4=C(CC=C4)CCC3(C)C)c(=O)c2=O)c1O. The molecule has 0 heterocycles. The number of nitrogens with zero attached hydrogens (tertiary/aromatic N) is 1. The van der Waals surface area contributed by atoms with Gasteiger partial charge in [0.25, 0.3) is 10.9 Å². The summed E-state index contributed by atoms with van der Waals surface area (Å²) in [4.78, 5) is 24.4. The van der Waals surface area contributed by atoms with Crippen molar-refractivity contribution >= 4 is 38.7 Å². The lowest BCUT2D eigenvalue weighted by molar-refractivity contribution is 0.290. The number of halogens is 1. The van der Waals surface area contributed by atoms with E-state index in [4.69, 9.17) is 11.6 Å². The maximum absolute atomic E-state index is 12.6. The van der Waals surface area contributed by atoms with Crippen molar-refractivity contribution < 1.29 is 13.5 Å². The minimum absolute atomic E-state index is 0.0173. The van der Waals surface area contributed by atoms with Crippen LogP contribution in [0.3, 0.4) is 0 Å². The first-order chi connectivity index (χ1) is 15.4. The van der Waals surface area contributed by atoms with Gasteiger partial charge in [0, 0.05) is 14.1 Å². The zero-order valence-corrected chi connectivity index (χ0v) is 20.4. The van der Waals surface area contributed by atoms with Crippen LogP contribution >= 0.6 is 11.6 Å². The molecule has 0 saturated heterocycles. The van der Waals surface area contributed by atoms with Gasteiger partial charge < -0.3 is 15.7 Å². The Kier molecular flexibility index (Phi) is 5.71. The number of hydrogen-bond acceptors (Lipinski definition) is 7. The van der Waals surface area contributed by atoms with Crippen LogP contribution in [0.15, 0.2) is 49.9 Å². The van der Waals surface area contributed by atoms with Gasteiger partial charge in [0.05, 0.1) is 16.8 Å². The lowest BCUT2D eigenvalue weighted by Gasteiger charge is -2.41. The molecule has 0 unspecified atom stereocenters. The Hall–Kier alpha value is -2.62. The summed E-state index contributed by atoms with van der Waals surface area (Å²) in [6.07, 6.45) is 6.98. The highest BCUT2D eigenvalue weighted by atomic mass is 35.5. The molecule has 2 aliphatic rings. The zero-order valence-electron chi connectivity index (χ0n) is 18.8. The number of sulfonamides is 1. The molecule has 0 fully saturated rings. The highest BCUT2D eigenvalue weighted by Crippen LogP contribution is 2.45. The minimum Gasteiger partial charge on any atom is -0.504 e. The highest BCUT2D eigenvalue weighted by molar-refractivity contribution is 7.89. The highest BCUT2D eigenvalue weighted by Gasteiger charge is 2.39. The van der Waals surface area contributed by atoms with E-state index in [1.54, 1.807) is 0 Å². The number of aromatic hydroxyl groups is 1. The van der Waals surface area contributed by atoms with Gasteiger partial charge in [0.2, 0.25) is 10.0 Å². The molecule has 8 nitrogen and oxygen atoms in total. The largest absolute Gasteiger partial charge is 0.504 e. The van der Waals surface area contributed by atoms with Crippen molar-refractivity contribution in [2.75, 3.05) is 24.7 Å². The summed E-state index contributed by atoms with van der Waals surface area (Å²) in [5, 5.41) is 16.5. The molecule has 33 heavy (non-hydrogen) atoms. The predicted molar refractivity (Wildman–Crippen MR) is 130 cm³/mol. The standard InChI is InChI=1S/C23H26ClN3O5S/c1-23(2)11-10-12-6-5-7-13(12)22(23)26-17-16(19(29)20(17)30)25-15-9-8-14(24)21(18(15)28)33(31,32)27(3)4/h5,7-9,22,25-26,28H,6,10-11H2,1-4H3/t22-/m1/s1. The van der Waals surface area contributed by atoms with E-state index in [1.165, 1.54) is 31.8 Å². The van der Waals surface area contributed by atoms with Crippen LogP contribution in [0.4, 0.5) is 17.1 Å². The van der Waals surface area contributed by atoms with Crippen LogP contribution in [0.2, 0.25) is 5.02 Å². The number of hydrogen-bond donors (Lipinski definition) is 3. The molecule has 0 bridgehead atoms. The van der Waals surface area contributed by atoms with Gasteiger partial charge >= 0.3 is 0 Å². The summed E-state index contributed by atoms with van der Waals surface area (Å²) in [6, 6.07) is 2.51. The fraction of sp³-hybridized carbons (Fsp3) is 0.391. The van der Waals surface area contributed by atoms with Crippen molar-refractivity contribution in [3.63, 3.8) is 0 Å². The molecule has 3 N–H and O–H groups in total. The first-order valence-corrected chi connectivity index (χ1v) is 12.4. The van der Waals surface area contributed by atoms with Crippen molar-refractivity contribution in [2.45, 2.75) is 44.0 Å². The van der Waals surface area contributed by atoms with E-state index in [-0.39, 0.29) is 33.5 Å². The number of anilines is 3. The number of phenolic OH excluding ortho intramolecular Hbond substituents is 1. The molecule has 2 aliphatic carbocycles. The Morgan fingerprint density at radius 3 is 2.48 bits per heavy atom. The van der Waals surface area contributed by atoms with Crippen LogP contribution in [-0.4, -0.2) is 38.0 Å². The van der Waals surface area contributed by atoms with E-state index in [1.807, 2.05) is 0 Å². The summed E-state index contributed by atoms with van der Waals surface area (Å²) < 4.78 is 26.1. The second kappa shape index (κ2) is 8.00. The predicted octanol–water partition coefficient (Wildman–Crippen LogP) is 3.49. The number of nitrogens with one attached hydrogen (secondary N) is 2. The van der Waals surface area contributed by atoms with Gasteiger partial charge in [-0.05, 0) is 42.4 Å². The average molecular weight is 492 g/mol. The molecule has 0 spiro atoms. The van der Waals surface area contributed by atoms with E-state index < -0.39 is 31.5 Å².